The number of hydrogen-bond donors (Lipinski definition) is 5. The van der Waals surface area contributed by atoms with Crippen LogP contribution in [0, 0.1) is 0 Å². The molecular formula is C14H30O8. The lowest BCUT2D eigenvalue weighted by atomic mass is 10.1. The minimum Gasteiger partial charge on any atom is -0.450 e. The number of unbranched alkanes of at least 4 members (excludes halogenated alkanes) is 9. The van der Waals surface area contributed by atoms with Crippen LogP contribution in [0.25, 0.3) is 0 Å². The second-order valence-electron chi connectivity index (χ2n) is 4.58. The smallest absolute Gasteiger partial charge is 0.450 e. The highest BCUT2D eigenvalue weighted by Gasteiger charge is 1.92. The highest BCUT2D eigenvalue weighted by atomic mass is 17.1. The first-order valence-electron chi connectivity index (χ1n) is 7.48. The van der Waals surface area contributed by atoms with Gasteiger partial charge in [-0.2, -0.15) is 0 Å². The van der Waals surface area contributed by atoms with Gasteiger partial charge in [0.2, 0.25) is 0 Å². The normalized spacial score (nSPS) is 9.00. The summed E-state index contributed by atoms with van der Waals surface area (Å²) in [5.41, 5.74) is 0. The Morgan fingerprint density at radius 2 is 0.955 bits per heavy atom. The summed E-state index contributed by atoms with van der Waals surface area (Å²) in [6.07, 6.45) is 9.48. The summed E-state index contributed by atoms with van der Waals surface area (Å²) in [5, 5.41) is 36.0. The molecule has 22 heavy (non-hydrogen) atoms. The van der Waals surface area contributed by atoms with Crippen molar-refractivity contribution in [3.05, 3.63) is 0 Å². The average molecular weight is 326 g/mol. The first-order chi connectivity index (χ1) is 10.4. The van der Waals surface area contributed by atoms with E-state index >= 15 is 0 Å². The Bertz CT molecular complexity index is 201. The van der Waals surface area contributed by atoms with Crippen LogP contribution in [0.5, 0.6) is 0 Å². The molecule has 0 fully saturated rings. The van der Waals surface area contributed by atoms with E-state index in [9.17, 15) is 0 Å². The molecule has 0 aromatic carbocycles. The predicted molar refractivity (Wildman–Crippen MR) is 81.7 cm³/mol. The van der Waals surface area contributed by atoms with Crippen molar-refractivity contribution in [1.82, 2.24) is 0 Å². The van der Waals surface area contributed by atoms with Crippen LogP contribution in [-0.4, -0.2) is 44.6 Å². The number of hydrogen-bond acceptors (Lipinski definition) is 4. The molecule has 8 heteroatoms. The number of rotatable bonds is 11. The fourth-order valence-corrected chi connectivity index (χ4v) is 1.65. The Labute approximate surface area is 131 Å². The highest BCUT2D eigenvalue weighted by Crippen LogP contribution is 2.10. The highest BCUT2D eigenvalue weighted by molar-refractivity contribution is 5.53. The molecule has 0 aliphatic rings. The summed E-state index contributed by atoms with van der Waals surface area (Å²) < 4.78 is 0. The van der Waals surface area contributed by atoms with Crippen LogP contribution in [-0.2, 0) is 4.89 Å². The van der Waals surface area contributed by atoms with Crippen LogP contribution in [0.1, 0.15) is 71.1 Å². The van der Waals surface area contributed by atoms with Crippen molar-refractivity contribution in [1.29, 1.82) is 0 Å². The lowest BCUT2D eigenvalue weighted by molar-refractivity contribution is -0.242. The average Bonchev–Trinajstić information content (AvgIpc) is 2.40. The van der Waals surface area contributed by atoms with Crippen LogP contribution < -0.4 is 0 Å². The monoisotopic (exact) mass is 326 g/mol. The second-order valence-corrected chi connectivity index (χ2v) is 4.58. The van der Waals surface area contributed by atoms with E-state index in [4.69, 9.17) is 35.3 Å². The zero-order valence-electron chi connectivity index (χ0n) is 13.2. The van der Waals surface area contributed by atoms with Gasteiger partial charge in [0.05, 0.1) is 6.61 Å². The Balaban J connectivity index is -0.000000372. The van der Waals surface area contributed by atoms with Gasteiger partial charge >= 0.3 is 12.3 Å². The standard InChI is InChI=1S/C12H26O2.2CH2O3/c1-2-3-4-5-6-7-8-9-10-11-12-14-13;2*2-1(3)4/h13H,2-12H2,1H3;2*(H2,2,3,4). The molecule has 0 radical (unpaired) electrons. The Morgan fingerprint density at radius 3 is 1.23 bits per heavy atom. The van der Waals surface area contributed by atoms with E-state index in [1.165, 1.54) is 57.8 Å². The van der Waals surface area contributed by atoms with E-state index in [1.807, 2.05) is 0 Å². The van der Waals surface area contributed by atoms with Crippen LogP contribution in [0.3, 0.4) is 0 Å². The summed E-state index contributed by atoms with van der Waals surface area (Å²) in [6.45, 7) is 2.75. The van der Waals surface area contributed by atoms with E-state index in [2.05, 4.69) is 11.8 Å². The third-order valence-corrected chi connectivity index (χ3v) is 2.59. The molecule has 0 unspecified atom stereocenters. The van der Waals surface area contributed by atoms with Gasteiger partial charge in [-0.15, -0.1) is 0 Å². The third-order valence-electron chi connectivity index (χ3n) is 2.59. The second kappa shape index (κ2) is 24.5. The van der Waals surface area contributed by atoms with Crippen molar-refractivity contribution < 1.29 is 40.2 Å². The third kappa shape index (κ3) is 62.9. The molecule has 0 saturated heterocycles. The summed E-state index contributed by atoms with van der Waals surface area (Å²) >= 11 is 0. The van der Waals surface area contributed by atoms with Crippen molar-refractivity contribution >= 4 is 12.3 Å². The van der Waals surface area contributed by atoms with Crippen molar-refractivity contribution in [2.75, 3.05) is 6.61 Å². The minimum absolute atomic E-state index is 0.497. The maximum absolute atomic E-state index is 8.56. The summed E-state index contributed by atoms with van der Waals surface area (Å²) in [4.78, 5) is 21.1. The minimum atomic E-state index is -1.83. The zero-order valence-corrected chi connectivity index (χ0v) is 13.2. The SMILES string of the molecule is CCCCCCCCCCCCOO.O=C(O)O.O=C(O)O. The predicted octanol–water partition coefficient (Wildman–Crippen LogP) is 4.84. The van der Waals surface area contributed by atoms with E-state index in [-0.39, 0.29) is 0 Å². The van der Waals surface area contributed by atoms with Crippen LogP contribution >= 0.6 is 0 Å². The molecular weight excluding hydrogens is 296 g/mol. The van der Waals surface area contributed by atoms with Gasteiger partial charge in [0.25, 0.3) is 0 Å². The van der Waals surface area contributed by atoms with Gasteiger partial charge in [0, 0.05) is 0 Å². The van der Waals surface area contributed by atoms with Gasteiger partial charge < -0.3 is 20.4 Å². The van der Waals surface area contributed by atoms with E-state index < -0.39 is 12.3 Å². The zero-order chi connectivity index (χ0) is 17.6. The fourth-order valence-electron chi connectivity index (χ4n) is 1.65. The van der Waals surface area contributed by atoms with Crippen LogP contribution in [0.4, 0.5) is 9.59 Å². The first-order valence-corrected chi connectivity index (χ1v) is 7.48. The van der Waals surface area contributed by atoms with Crippen LogP contribution in [0.15, 0.2) is 0 Å². The molecule has 0 aromatic heterocycles. The van der Waals surface area contributed by atoms with Crippen LogP contribution in [0.2, 0.25) is 0 Å². The summed E-state index contributed by atoms with van der Waals surface area (Å²) in [5.74, 6) is 0. The van der Waals surface area contributed by atoms with E-state index in [1.54, 1.807) is 0 Å². The van der Waals surface area contributed by atoms with Crippen molar-refractivity contribution in [2.45, 2.75) is 71.1 Å². The number of carboxylic acid groups (broad SMARTS) is 4. The Morgan fingerprint density at radius 1 is 0.682 bits per heavy atom. The molecule has 0 bridgehead atoms. The Hall–Kier alpha value is -1.54. The maximum atomic E-state index is 8.56. The molecule has 0 aliphatic carbocycles. The molecule has 0 heterocycles. The summed E-state index contributed by atoms with van der Waals surface area (Å²) in [6, 6.07) is 0. The lowest BCUT2D eigenvalue weighted by Gasteiger charge is -2.01. The van der Waals surface area contributed by atoms with Crippen molar-refractivity contribution in [3.8, 4) is 0 Å². The molecule has 0 saturated carbocycles. The van der Waals surface area contributed by atoms with Gasteiger partial charge in [-0.1, -0.05) is 64.7 Å². The molecule has 0 aliphatic heterocycles. The summed E-state index contributed by atoms with van der Waals surface area (Å²) in [7, 11) is 0. The van der Waals surface area contributed by atoms with Crippen molar-refractivity contribution in [3.63, 3.8) is 0 Å². The fraction of sp³-hybridized carbons (Fsp3) is 0.857. The molecule has 0 aromatic rings. The quantitative estimate of drug-likeness (QED) is 0.206. The van der Waals surface area contributed by atoms with E-state index in [0.29, 0.717) is 6.61 Å². The Kier molecular flexibility index (Phi) is 28.3. The van der Waals surface area contributed by atoms with Gasteiger partial charge in [-0.25, -0.2) is 14.5 Å². The molecule has 134 valence electrons. The molecule has 8 nitrogen and oxygen atoms in total. The molecule has 0 rings (SSSR count). The van der Waals surface area contributed by atoms with Gasteiger partial charge in [-0.05, 0) is 6.42 Å². The van der Waals surface area contributed by atoms with Gasteiger partial charge in [0.15, 0.2) is 0 Å². The number of carbonyl (C=O) groups is 2. The molecule has 5 N–H and O–H groups in total. The maximum Gasteiger partial charge on any atom is 0.503 e. The lowest BCUT2D eigenvalue weighted by Crippen LogP contribution is -1.88. The molecule has 0 spiro atoms. The molecule has 0 atom stereocenters. The largest absolute Gasteiger partial charge is 0.503 e. The van der Waals surface area contributed by atoms with E-state index in [0.717, 1.165) is 6.42 Å². The van der Waals surface area contributed by atoms with Crippen molar-refractivity contribution in [2.24, 2.45) is 0 Å². The van der Waals surface area contributed by atoms with Gasteiger partial charge in [0.1, 0.15) is 0 Å². The molecule has 0 amide bonds. The first kappa shape index (κ1) is 25.4. The van der Waals surface area contributed by atoms with Gasteiger partial charge in [-0.3, -0.25) is 5.26 Å². The topological polar surface area (TPSA) is 145 Å².